The lowest BCUT2D eigenvalue weighted by molar-refractivity contribution is 0.428. The van der Waals surface area contributed by atoms with Crippen molar-refractivity contribution in [2.75, 3.05) is 0 Å². The Balaban J connectivity index is 1.69. The summed E-state index contributed by atoms with van der Waals surface area (Å²) in [4.78, 5) is 4.38. The third-order valence-corrected chi connectivity index (χ3v) is 5.30. The van der Waals surface area contributed by atoms with Gasteiger partial charge in [0.25, 0.3) is 0 Å². The number of nitrogens with zero attached hydrogens (tertiary/aromatic N) is 5. The predicted octanol–water partition coefficient (Wildman–Crippen LogP) is 4.71. The van der Waals surface area contributed by atoms with Gasteiger partial charge in [-0.15, -0.1) is 0 Å². The maximum Gasteiger partial charge on any atom is 0.206 e. The van der Waals surface area contributed by atoms with Crippen LogP contribution in [0.15, 0.2) is 76.1 Å². The average molecular weight is 365 g/mol. The number of pyridine rings is 1. The summed E-state index contributed by atoms with van der Waals surface area (Å²) in [6.07, 6.45) is 3.08. The van der Waals surface area contributed by atoms with Gasteiger partial charge in [0.1, 0.15) is 23.6 Å². The summed E-state index contributed by atoms with van der Waals surface area (Å²) in [5.41, 5.74) is 4.89. The zero-order valence-electron chi connectivity index (χ0n) is 14.4. The first kappa shape index (κ1) is 14.0. The highest BCUT2D eigenvalue weighted by Crippen LogP contribution is 2.36. The second-order valence-electron chi connectivity index (χ2n) is 6.74. The Labute approximate surface area is 156 Å². The zero-order chi connectivity index (χ0) is 18.2. The number of hydrogen-bond donors (Lipinski definition) is 0. The van der Waals surface area contributed by atoms with Gasteiger partial charge in [0.15, 0.2) is 11.2 Å². The Bertz CT molecular complexity index is 1560. The topological polar surface area (TPSA) is 74.3 Å². The van der Waals surface area contributed by atoms with Crippen molar-refractivity contribution in [2.45, 2.75) is 0 Å². The largest absolute Gasteiger partial charge is 0.436 e. The molecule has 0 unspecified atom stereocenters. The molecule has 0 radical (unpaired) electrons. The van der Waals surface area contributed by atoms with Crippen LogP contribution in [0.25, 0.3) is 55.3 Å². The van der Waals surface area contributed by atoms with E-state index >= 15 is 0 Å². The summed E-state index contributed by atoms with van der Waals surface area (Å²) in [6.45, 7) is 0. The average Bonchev–Trinajstić information content (AvgIpc) is 3.49. The van der Waals surface area contributed by atoms with E-state index in [1.807, 2.05) is 18.2 Å². The van der Waals surface area contributed by atoms with Crippen molar-refractivity contribution in [3.8, 4) is 5.88 Å². The van der Waals surface area contributed by atoms with Gasteiger partial charge in [0.2, 0.25) is 5.88 Å². The second-order valence-corrected chi connectivity index (χ2v) is 6.74. The standard InChI is InChI=1S/C21H11N5O2/c1-3-7-15-12(5-1)13-6-2-4-8-16(13)25(15)18-9-14-19-17(10-27-24-19)26-21(20(14)28-18)22-11-23-26/h1-11H. The Morgan fingerprint density at radius 2 is 1.57 bits per heavy atom. The van der Waals surface area contributed by atoms with Crippen molar-refractivity contribution in [1.29, 1.82) is 0 Å². The Morgan fingerprint density at radius 1 is 0.821 bits per heavy atom. The first-order valence-electron chi connectivity index (χ1n) is 8.88. The van der Waals surface area contributed by atoms with Gasteiger partial charge in [-0.3, -0.25) is 4.57 Å². The van der Waals surface area contributed by atoms with Crippen molar-refractivity contribution >= 4 is 49.5 Å². The van der Waals surface area contributed by atoms with Crippen LogP contribution in [0.2, 0.25) is 0 Å². The fourth-order valence-electron chi connectivity index (χ4n) is 4.13. The lowest BCUT2D eigenvalue weighted by Gasteiger charge is -2.02. The molecule has 0 saturated carbocycles. The van der Waals surface area contributed by atoms with Crippen LogP contribution < -0.4 is 0 Å². The molecule has 2 aromatic carbocycles. The molecule has 7 heteroatoms. The summed E-state index contributed by atoms with van der Waals surface area (Å²) in [5, 5.41) is 11.6. The molecule has 7 rings (SSSR count). The van der Waals surface area contributed by atoms with Crippen LogP contribution in [-0.4, -0.2) is 24.3 Å². The summed E-state index contributed by atoms with van der Waals surface area (Å²) in [7, 11) is 0. The highest BCUT2D eigenvalue weighted by atomic mass is 16.5. The fraction of sp³-hybridized carbons (Fsp3) is 0. The molecule has 7 aromatic rings. The maximum atomic E-state index is 6.34. The van der Waals surface area contributed by atoms with Gasteiger partial charge >= 0.3 is 0 Å². The maximum absolute atomic E-state index is 6.34. The first-order chi connectivity index (χ1) is 13.9. The normalized spacial score (nSPS) is 12.3. The third kappa shape index (κ3) is 1.57. The van der Waals surface area contributed by atoms with Crippen molar-refractivity contribution in [2.24, 2.45) is 0 Å². The molecule has 0 spiro atoms. The molecule has 0 fully saturated rings. The summed E-state index contributed by atoms with van der Waals surface area (Å²) >= 11 is 0. The smallest absolute Gasteiger partial charge is 0.206 e. The van der Waals surface area contributed by atoms with E-state index in [9.17, 15) is 0 Å². The van der Waals surface area contributed by atoms with Crippen LogP contribution in [-0.2, 0) is 0 Å². The number of para-hydroxylation sites is 2. The molecule has 7 nitrogen and oxygen atoms in total. The molecule has 0 bridgehead atoms. The molecule has 5 heterocycles. The van der Waals surface area contributed by atoms with E-state index < -0.39 is 0 Å². The monoisotopic (exact) mass is 365 g/mol. The number of hydrogen-bond acceptors (Lipinski definition) is 5. The Hall–Kier alpha value is -4.13. The van der Waals surface area contributed by atoms with Crippen molar-refractivity contribution in [3.63, 3.8) is 0 Å². The van der Waals surface area contributed by atoms with E-state index in [1.54, 1.807) is 10.8 Å². The molecule has 0 saturated heterocycles. The molecule has 0 aliphatic carbocycles. The predicted molar refractivity (Wildman–Crippen MR) is 105 cm³/mol. The first-order valence-corrected chi connectivity index (χ1v) is 8.88. The molecule has 0 N–H and O–H groups in total. The van der Waals surface area contributed by atoms with Gasteiger partial charge in [-0.1, -0.05) is 41.6 Å². The molecule has 0 aliphatic heterocycles. The van der Waals surface area contributed by atoms with Gasteiger partial charge in [-0.2, -0.15) is 5.10 Å². The molecule has 5 aromatic heterocycles. The minimum absolute atomic E-state index is 0.635. The van der Waals surface area contributed by atoms with Crippen LogP contribution in [0, 0.1) is 0 Å². The van der Waals surface area contributed by atoms with Crippen LogP contribution >= 0.6 is 0 Å². The van der Waals surface area contributed by atoms with Crippen molar-refractivity contribution < 1.29 is 8.94 Å². The lowest BCUT2D eigenvalue weighted by Crippen LogP contribution is -1.90. The van der Waals surface area contributed by atoms with Crippen molar-refractivity contribution in [3.05, 3.63) is 67.2 Å². The molecule has 0 aliphatic rings. The molecule has 0 atom stereocenters. The Morgan fingerprint density at radius 3 is 2.36 bits per heavy atom. The van der Waals surface area contributed by atoms with Crippen LogP contribution in [0.5, 0.6) is 0 Å². The minimum atomic E-state index is 0.635. The van der Waals surface area contributed by atoms with Gasteiger partial charge in [-0.05, 0) is 12.1 Å². The van der Waals surface area contributed by atoms with E-state index in [-0.39, 0.29) is 0 Å². The van der Waals surface area contributed by atoms with Crippen LogP contribution in [0.3, 0.4) is 0 Å². The van der Waals surface area contributed by atoms with Gasteiger partial charge in [-0.25, -0.2) is 9.50 Å². The Kier molecular flexibility index (Phi) is 2.39. The summed E-state index contributed by atoms with van der Waals surface area (Å²) < 4.78 is 15.4. The van der Waals surface area contributed by atoms with Crippen LogP contribution in [0.4, 0.5) is 0 Å². The number of aromatic nitrogens is 5. The van der Waals surface area contributed by atoms with E-state index in [0.29, 0.717) is 22.6 Å². The molecular formula is C21H11N5O2. The summed E-state index contributed by atoms with van der Waals surface area (Å²) in [6, 6.07) is 18.6. The number of benzene rings is 2. The zero-order valence-corrected chi connectivity index (χ0v) is 14.4. The number of fused-ring (bicyclic) bond motifs is 9. The highest BCUT2D eigenvalue weighted by Gasteiger charge is 2.20. The quantitative estimate of drug-likeness (QED) is 0.421. The SMILES string of the molecule is c1ccc2c(c1)c1ccccc1n2-c1cc2c3nocc3n3ncnc3c2o1. The van der Waals surface area contributed by atoms with E-state index in [2.05, 4.69) is 56.2 Å². The van der Waals surface area contributed by atoms with E-state index in [1.165, 1.54) is 17.1 Å². The minimum Gasteiger partial charge on any atom is -0.436 e. The lowest BCUT2D eigenvalue weighted by atomic mass is 10.2. The summed E-state index contributed by atoms with van der Waals surface area (Å²) in [5.74, 6) is 0.702. The van der Waals surface area contributed by atoms with E-state index in [0.717, 1.165) is 21.9 Å². The molecule has 0 amide bonds. The third-order valence-electron chi connectivity index (χ3n) is 5.30. The number of furan rings is 1. The highest BCUT2D eigenvalue weighted by molar-refractivity contribution is 6.11. The van der Waals surface area contributed by atoms with Crippen molar-refractivity contribution in [1.82, 2.24) is 24.3 Å². The van der Waals surface area contributed by atoms with Gasteiger partial charge < -0.3 is 8.94 Å². The van der Waals surface area contributed by atoms with Crippen LogP contribution in [0.1, 0.15) is 0 Å². The number of rotatable bonds is 1. The molecule has 28 heavy (non-hydrogen) atoms. The fourth-order valence-corrected chi connectivity index (χ4v) is 4.13. The molecule has 132 valence electrons. The van der Waals surface area contributed by atoms with Gasteiger partial charge in [0, 0.05) is 16.8 Å². The molecular weight excluding hydrogens is 354 g/mol. The van der Waals surface area contributed by atoms with Gasteiger partial charge in [0.05, 0.1) is 16.4 Å². The second kappa shape index (κ2) is 4.77. The van der Waals surface area contributed by atoms with E-state index in [4.69, 9.17) is 8.94 Å².